The van der Waals surface area contributed by atoms with Gasteiger partial charge in [-0.25, -0.2) is 0 Å². The van der Waals surface area contributed by atoms with Gasteiger partial charge in [-0.1, -0.05) is 20.3 Å². The molecule has 1 nitrogen and oxygen atoms in total. The molecule has 0 N–H and O–H groups in total. The Morgan fingerprint density at radius 1 is 1.67 bits per heavy atom. The zero-order valence-corrected chi connectivity index (χ0v) is 6.83. The molecule has 0 saturated carbocycles. The fraction of sp³-hybridized carbons (Fsp3) is 0.857. The summed E-state index contributed by atoms with van der Waals surface area (Å²) in [5.41, 5.74) is 2.23. The van der Waals surface area contributed by atoms with E-state index in [2.05, 4.69) is 31.6 Å². The summed E-state index contributed by atoms with van der Waals surface area (Å²) in [6.07, 6.45) is 2.29. The van der Waals surface area contributed by atoms with E-state index in [0.717, 1.165) is 18.9 Å². The van der Waals surface area contributed by atoms with E-state index >= 15 is 0 Å². The summed E-state index contributed by atoms with van der Waals surface area (Å²) in [6, 6.07) is 0. The molecule has 53 valence electrons. The van der Waals surface area contributed by atoms with Crippen molar-refractivity contribution in [1.29, 1.82) is 0 Å². The van der Waals surface area contributed by atoms with Crippen molar-refractivity contribution < 1.29 is 4.74 Å². The van der Waals surface area contributed by atoms with Crippen LogP contribution < -0.4 is 0 Å². The Labute approximate surface area is 62.4 Å². The first kappa shape index (κ1) is 8.89. The maximum absolute atomic E-state index is 4.77. The summed E-state index contributed by atoms with van der Waals surface area (Å²) >= 11 is 4.37. The number of hydrogen-bond donors (Lipinski definition) is 0. The molecule has 0 aromatic rings. The van der Waals surface area contributed by atoms with Crippen LogP contribution in [0.25, 0.3) is 0 Å². The monoisotopic (exact) mass is 145 g/mol. The Morgan fingerprint density at radius 2 is 2.33 bits per heavy atom. The topological polar surface area (TPSA) is 9.23 Å². The highest BCUT2D eigenvalue weighted by atomic mass is 32.1. The Balaban J connectivity index is 2.96. The molecule has 0 spiro atoms. The quantitative estimate of drug-likeness (QED) is 0.433. The van der Waals surface area contributed by atoms with Gasteiger partial charge < -0.3 is 4.74 Å². The fourth-order valence-electron chi connectivity index (χ4n) is 0.506. The summed E-state index contributed by atoms with van der Waals surface area (Å²) < 4.78 is 4.77. The van der Waals surface area contributed by atoms with Gasteiger partial charge in [0, 0.05) is 0 Å². The van der Waals surface area contributed by atoms with E-state index in [1.165, 1.54) is 6.42 Å². The SMILES string of the molecule is CCC(C)CCO[C]=S. The third kappa shape index (κ3) is 5.77. The standard InChI is InChI=1S/C7H13OS/c1-3-7(2)4-5-8-6-9/h7H,3-5H2,1-2H3. The number of ether oxygens (including phenoxy) is 1. The molecule has 1 radical (unpaired) electrons. The van der Waals surface area contributed by atoms with Gasteiger partial charge in [-0.2, -0.15) is 0 Å². The van der Waals surface area contributed by atoms with E-state index in [1.54, 1.807) is 0 Å². The van der Waals surface area contributed by atoms with Crippen molar-refractivity contribution in [3.8, 4) is 0 Å². The minimum absolute atomic E-state index is 0.721. The normalized spacial score (nSPS) is 12.7. The average molecular weight is 145 g/mol. The van der Waals surface area contributed by atoms with Crippen LogP contribution in [-0.4, -0.2) is 12.2 Å². The first-order chi connectivity index (χ1) is 4.31. The lowest BCUT2D eigenvalue weighted by Gasteiger charge is -2.05. The van der Waals surface area contributed by atoms with E-state index in [0.29, 0.717) is 0 Å². The first-order valence-electron chi connectivity index (χ1n) is 3.30. The predicted octanol–water partition coefficient (Wildman–Crippen LogP) is 2.27. The molecule has 0 aromatic carbocycles. The molecule has 2 heteroatoms. The number of thiocarbonyl (C=S) groups is 1. The van der Waals surface area contributed by atoms with Crippen LogP contribution in [0.4, 0.5) is 0 Å². The second-order valence-corrected chi connectivity index (χ2v) is 2.40. The zero-order chi connectivity index (χ0) is 7.11. The third-order valence-electron chi connectivity index (χ3n) is 1.47. The van der Waals surface area contributed by atoms with E-state index in [9.17, 15) is 0 Å². The van der Waals surface area contributed by atoms with Crippen LogP contribution in [0.2, 0.25) is 0 Å². The van der Waals surface area contributed by atoms with Gasteiger partial charge in [0.15, 0.2) is 0 Å². The maximum atomic E-state index is 4.77. The molecule has 0 saturated heterocycles. The lowest BCUT2D eigenvalue weighted by Crippen LogP contribution is -1.98. The van der Waals surface area contributed by atoms with Gasteiger partial charge in [0.1, 0.15) is 0 Å². The highest BCUT2D eigenvalue weighted by Crippen LogP contribution is 2.04. The lowest BCUT2D eigenvalue weighted by atomic mass is 10.1. The van der Waals surface area contributed by atoms with E-state index in [-0.39, 0.29) is 0 Å². The van der Waals surface area contributed by atoms with E-state index in [1.807, 2.05) is 0 Å². The zero-order valence-electron chi connectivity index (χ0n) is 6.02. The summed E-state index contributed by atoms with van der Waals surface area (Å²) in [4.78, 5) is 0. The second kappa shape index (κ2) is 6.02. The molecule has 9 heavy (non-hydrogen) atoms. The molecular formula is C7H13OS. The Hall–Kier alpha value is -0.110. The Kier molecular flexibility index (Phi) is 5.94. The molecular weight excluding hydrogens is 132 g/mol. The van der Waals surface area contributed by atoms with Gasteiger partial charge in [0.25, 0.3) is 0 Å². The van der Waals surface area contributed by atoms with Crippen LogP contribution in [0, 0.1) is 5.92 Å². The van der Waals surface area contributed by atoms with Crippen molar-refractivity contribution in [2.24, 2.45) is 5.92 Å². The summed E-state index contributed by atoms with van der Waals surface area (Å²) in [7, 11) is 0. The minimum Gasteiger partial charge on any atom is -0.480 e. The van der Waals surface area contributed by atoms with Crippen molar-refractivity contribution >= 4 is 17.8 Å². The van der Waals surface area contributed by atoms with Gasteiger partial charge in [-0.05, 0) is 24.6 Å². The molecule has 0 bridgehead atoms. The van der Waals surface area contributed by atoms with Crippen LogP contribution in [0.15, 0.2) is 0 Å². The van der Waals surface area contributed by atoms with Crippen molar-refractivity contribution in [1.82, 2.24) is 0 Å². The summed E-state index contributed by atoms with van der Waals surface area (Å²) in [5, 5.41) is 0. The molecule has 0 amide bonds. The van der Waals surface area contributed by atoms with Crippen molar-refractivity contribution in [3.63, 3.8) is 0 Å². The fourth-order valence-corrected chi connectivity index (χ4v) is 0.589. The predicted molar refractivity (Wildman–Crippen MR) is 42.6 cm³/mol. The highest BCUT2D eigenvalue weighted by molar-refractivity contribution is 7.78. The van der Waals surface area contributed by atoms with Gasteiger partial charge in [0.05, 0.1) is 6.61 Å². The molecule has 0 rings (SSSR count). The van der Waals surface area contributed by atoms with E-state index in [4.69, 9.17) is 4.74 Å². The smallest absolute Gasteiger partial charge is 0.239 e. The highest BCUT2D eigenvalue weighted by Gasteiger charge is 1.96. The molecule has 0 aromatic heterocycles. The van der Waals surface area contributed by atoms with Crippen LogP contribution in [0.1, 0.15) is 26.7 Å². The van der Waals surface area contributed by atoms with Gasteiger partial charge in [0.2, 0.25) is 5.55 Å². The Bertz CT molecular complexity index is 73.3. The molecule has 0 aliphatic heterocycles. The number of hydrogen-bond acceptors (Lipinski definition) is 2. The number of rotatable bonds is 5. The molecule has 0 fully saturated rings. The van der Waals surface area contributed by atoms with Crippen LogP contribution >= 0.6 is 12.2 Å². The van der Waals surface area contributed by atoms with Gasteiger partial charge in [-0.15, -0.1) is 0 Å². The molecule has 0 heterocycles. The largest absolute Gasteiger partial charge is 0.480 e. The van der Waals surface area contributed by atoms with Gasteiger partial charge >= 0.3 is 0 Å². The third-order valence-corrected chi connectivity index (χ3v) is 1.59. The van der Waals surface area contributed by atoms with E-state index < -0.39 is 0 Å². The first-order valence-corrected chi connectivity index (χ1v) is 3.71. The van der Waals surface area contributed by atoms with Crippen molar-refractivity contribution in [3.05, 3.63) is 0 Å². The molecule has 0 aliphatic rings. The second-order valence-electron chi connectivity index (χ2n) is 2.23. The summed E-state index contributed by atoms with van der Waals surface area (Å²) in [6.45, 7) is 5.09. The van der Waals surface area contributed by atoms with Crippen molar-refractivity contribution in [2.75, 3.05) is 6.61 Å². The van der Waals surface area contributed by atoms with Crippen LogP contribution in [0.3, 0.4) is 0 Å². The van der Waals surface area contributed by atoms with Crippen molar-refractivity contribution in [2.45, 2.75) is 26.7 Å². The maximum Gasteiger partial charge on any atom is 0.239 e. The lowest BCUT2D eigenvalue weighted by molar-refractivity contribution is 0.287. The summed E-state index contributed by atoms with van der Waals surface area (Å²) in [5.74, 6) is 0.744. The van der Waals surface area contributed by atoms with Crippen LogP contribution in [-0.2, 0) is 4.74 Å². The molecule has 1 unspecified atom stereocenters. The molecule has 0 aliphatic carbocycles. The van der Waals surface area contributed by atoms with Crippen LogP contribution in [0.5, 0.6) is 0 Å². The molecule has 1 atom stereocenters. The average Bonchev–Trinajstić information content (AvgIpc) is 1.89. The Morgan fingerprint density at radius 3 is 2.78 bits per heavy atom. The van der Waals surface area contributed by atoms with Gasteiger partial charge in [-0.3, -0.25) is 0 Å². The minimum atomic E-state index is 0.721.